The topological polar surface area (TPSA) is 103 Å². The van der Waals surface area contributed by atoms with Crippen molar-refractivity contribution < 1.29 is 24.5 Å². The van der Waals surface area contributed by atoms with Crippen LogP contribution in [0.5, 0.6) is 0 Å². The number of piperidine rings is 1. The van der Waals surface area contributed by atoms with Crippen molar-refractivity contribution in [1.29, 1.82) is 0 Å². The Labute approximate surface area is 316 Å². The van der Waals surface area contributed by atoms with Crippen molar-refractivity contribution >= 4 is 17.6 Å². The van der Waals surface area contributed by atoms with E-state index in [4.69, 9.17) is 21.1 Å². The molecule has 5 aromatic carbocycles. The number of hydrogen-bond acceptors (Lipinski definition) is 6. The van der Waals surface area contributed by atoms with Gasteiger partial charge in [-0.05, 0) is 63.9 Å². The van der Waals surface area contributed by atoms with Gasteiger partial charge in [-0.15, -0.1) is 0 Å². The third kappa shape index (κ3) is 9.34. The molecular weight excluding hydrogens is 686 g/mol. The van der Waals surface area contributed by atoms with Crippen LogP contribution in [0.25, 0.3) is 11.1 Å². The zero-order valence-corrected chi connectivity index (χ0v) is 30.4. The van der Waals surface area contributed by atoms with E-state index in [0.29, 0.717) is 37.4 Å². The molecule has 0 radical (unpaired) electrons. The van der Waals surface area contributed by atoms with Gasteiger partial charge in [0.25, 0.3) is 0 Å². The van der Waals surface area contributed by atoms with E-state index in [1.807, 2.05) is 97.1 Å². The van der Waals surface area contributed by atoms with Crippen molar-refractivity contribution in [2.24, 2.45) is 0 Å². The highest BCUT2D eigenvalue weighted by Gasteiger charge is 2.37. The predicted octanol–water partition coefficient (Wildman–Crippen LogP) is 8.03. The van der Waals surface area contributed by atoms with Gasteiger partial charge < -0.3 is 35.2 Å². The number of ether oxygens (including phenoxy) is 2. The number of aliphatic hydroxyl groups is 2. The van der Waals surface area contributed by atoms with Gasteiger partial charge in [-0.25, -0.2) is 4.79 Å². The lowest BCUT2D eigenvalue weighted by Gasteiger charge is -2.42. The number of hydrogen-bond donors (Lipinski definition) is 4. The molecule has 0 saturated carbocycles. The van der Waals surface area contributed by atoms with E-state index >= 15 is 0 Å². The fraction of sp³-hybridized carbons (Fsp3) is 0.295. The maximum atomic E-state index is 12.6. The number of nitrogens with zero attached hydrogens (tertiary/aromatic N) is 1. The molecule has 3 atom stereocenters. The molecule has 274 valence electrons. The Morgan fingerprint density at radius 1 is 0.755 bits per heavy atom. The lowest BCUT2D eigenvalue weighted by Crippen LogP contribution is -2.46. The highest BCUT2D eigenvalue weighted by Crippen LogP contribution is 2.40. The third-order valence-corrected chi connectivity index (χ3v) is 10.6. The zero-order chi connectivity index (χ0) is 36.6. The first-order chi connectivity index (χ1) is 25.8. The molecule has 2 fully saturated rings. The molecular formula is C44H46ClN3O5. The largest absolute Gasteiger partial charge is 0.392 e. The lowest BCUT2D eigenvalue weighted by atomic mass is 9.84. The molecule has 8 nitrogen and oxygen atoms in total. The number of carbonyl (C=O) groups excluding carboxylic acids is 1. The second kappa shape index (κ2) is 17.1. The van der Waals surface area contributed by atoms with Crippen LogP contribution in [-0.4, -0.2) is 46.9 Å². The first-order valence-corrected chi connectivity index (χ1v) is 18.7. The van der Waals surface area contributed by atoms with Gasteiger partial charge in [0, 0.05) is 49.7 Å². The average molecular weight is 732 g/mol. The first-order valence-electron chi connectivity index (χ1n) is 18.3. The lowest BCUT2D eigenvalue weighted by molar-refractivity contribution is -0.253. The van der Waals surface area contributed by atoms with Crippen LogP contribution in [0, 0.1) is 0 Å². The van der Waals surface area contributed by atoms with Crippen molar-refractivity contribution in [3.8, 4) is 11.1 Å². The van der Waals surface area contributed by atoms with Crippen LogP contribution in [0.2, 0.25) is 5.02 Å². The van der Waals surface area contributed by atoms with E-state index in [0.717, 1.165) is 64.1 Å². The minimum Gasteiger partial charge on any atom is -0.392 e. The normalized spacial score (nSPS) is 20.1. The summed E-state index contributed by atoms with van der Waals surface area (Å²) in [6.07, 6.45) is 1.07. The van der Waals surface area contributed by atoms with Gasteiger partial charge in [-0.3, -0.25) is 0 Å². The number of halogens is 1. The van der Waals surface area contributed by atoms with Gasteiger partial charge in [-0.1, -0.05) is 127 Å². The Bertz CT molecular complexity index is 1930. The Morgan fingerprint density at radius 3 is 2.13 bits per heavy atom. The molecule has 0 aliphatic carbocycles. The van der Waals surface area contributed by atoms with E-state index in [2.05, 4.69) is 45.9 Å². The van der Waals surface area contributed by atoms with Gasteiger partial charge >= 0.3 is 6.03 Å². The molecule has 0 bridgehead atoms. The Kier molecular flexibility index (Phi) is 11.9. The number of urea groups is 1. The Hall–Kier alpha value is -4.54. The van der Waals surface area contributed by atoms with Gasteiger partial charge in [0.05, 0.1) is 24.4 Å². The van der Waals surface area contributed by atoms with Gasteiger partial charge in [0.15, 0.2) is 6.29 Å². The van der Waals surface area contributed by atoms with Gasteiger partial charge in [0.2, 0.25) is 0 Å². The third-order valence-electron chi connectivity index (χ3n) is 10.4. The molecule has 2 aliphatic rings. The molecule has 53 heavy (non-hydrogen) atoms. The van der Waals surface area contributed by atoms with E-state index in [1.54, 1.807) is 0 Å². The number of likely N-dealkylation sites (tertiary alicyclic amines) is 1. The number of carbonyl (C=O) groups is 1. The van der Waals surface area contributed by atoms with E-state index in [9.17, 15) is 15.0 Å². The summed E-state index contributed by atoms with van der Waals surface area (Å²) >= 11 is 6.10. The van der Waals surface area contributed by atoms with Crippen LogP contribution in [0.4, 0.5) is 4.79 Å². The van der Waals surface area contributed by atoms with E-state index < -0.39 is 11.9 Å². The standard InChI is InChI=1S/C44H46ClN3O5/c45-38-20-18-37(19-21-38)44(51)22-24-48(25-23-44)29-39-26-41(34-12-10-32(30-49)11-13-34)53-42(52-39)35-16-14-33(15-17-35)40-9-5-4-8-36(40)28-47-43(50)46-27-31-6-2-1-3-7-31/h1-21,39,41-42,49,51H,22-30H2,(H2,46,47,50)/t39-,41+,42+/m0/s1. The van der Waals surface area contributed by atoms with Crippen LogP contribution in [0.3, 0.4) is 0 Å². The van der Waals surface area contributed by atoms with Crippen LogP contribution in [0.1, 0.15) is 65.0 Å². The molecule has 9 heteroatoms. The second-order valence-electron chi connectivity index (χ2n) is 14.0. The summed E-state index contributed by atoms with van der Waals surface area (Å²) in [4.78, 5) is 15.0. The molecule has 0 aromatic heterocycles. The number of aliphatic hydroxyl groups excluding tert-OH is 1. The van der Waals surface area contributed by atoms with Crippen LogP contribution in [-0.2, 0) is 34.8 Å². The molecule has 2 saturated heterocycles. The highest BCUT2D eigenvalue weighted by atomic mass is 35.5. The molecule has 7 rings (SSSR count). The summed E-state index contributed by atoms with van der Waals surface area (Å²) in [5.74, 6) is 0. The van der Waals surface area contributed by atoms with Crippen molar-refractivity contribution in [2.75, 3.05) is 19.6 Å². The minimum absolute atomic E-state index is 0.00944. The van der Waals surface area contributed by atoms with E-state index in [1.165, 1.54) is 0 Å². The number of benzene rings is 5. The summed E-state index contributed by atoms with van der Waals surface area (Å²) in [7, 11) is 0. The van der Waals surface area contributed by atoms with Crippen molar-refractivity contribution in [1.82, 2.24) is 15.5 Å². The summed E-state index contributed by atoms with van der Waals surface area (Å²) in [5.41, 5.74) is 6.97. The summed E-state index contributed by atoms with van der Waals surface area (Å²) in [5, 5.41) is 27.7. The quantitative estimate of drug-likeness (QED) is 0.110. The molecule has 0 unspecified atom stereocenters. The van der Waals surface area contributed by atoms with E-state index in [-0.39, 0.29) is 24.8 Å². The van der Waals surface area contributed by atoms with Crippen LogP contribution in [0.15, 0.2) is 127 Å². The van der Waals surface area contributed by atoms with Crippen LogP contribution >= 0.6 is 11.6 Å². The number of rotatable bonds is 11. The molecule has 2 amide bonds. The zero-order valence-electron chi connectivity index (χ0n) is 29.7. The molecule has 0 spiro atoms. The van der Waals surface area contributed by atoms with Crippen LogP contribution < -0.4 is 10.6 Å². The Balaban J connectivity index is 1.02. The summed E-state index contributed by atoms with van der Waals surface area (Å²) in [6.45, 7) is 3.06. The monoisotopic (exact) mass is 731 g/mol. The van der Waals surface area contributed by atoms with Crippen molar-refractivity contribution in [3.05, 3.63) is 166 Å². The molecule has 2 heterocycles. The maximum absolute atomic E-state index is 12.6. The predicted molar refractivity (Wildman–Crippen MR) is 207 cm³/mol. The Morgan fingerprint density at radius 2 is 1.42 bits per heavy atom. The molecule has 2 aliphatic heterocycles. The molecule has 4 N–H and O–H groups in total. The number of nitrogens with one attached hydrogen (secondary N) is 2. The minimum atomic E-state index is -0.873. The van der Waals surface area contributed by atoms with Crippen molar-refractivity contribution in [3.63, 3.8) is 0 Å². The van der Waals surface area contributed by atoms with Crippen molar-refractivity contribution in [2.45, 2.75) is 63.1 Å². The summed E-state index contributed by atoms with van der Waals surface area (Å²) in [6, 6.07) is 41.4. The molecule has 5 aromatic rings. The van der Waals surface area contributed by atoms with Gasteiger partial charge in [-0.2, -0.15) is 0 Å². The SMILES string of the molecule is O=C(NCc1ccccc1)NCc1ccccc1-c1ccc([C@@H]2O[C@H](CN3CCC(O)(c4ccc(Cl)cc4)CC3)C[C@H](c3ccc(CO)cc3)O2)cc1. The average Bonchev–Trinajstić information content (AvgIpc) is 3.21. The van der Waals surface area contributed by atoms with Gasteiger partial charge in [0.1, 0.15) is 0 Å². The second-order valence-corrected chi connectivity index (χ2v) is 14.4. The fourth-order valence-electron chi connectivity index (χ4n) is 7.27. The summed E-state index contributed by atoms with van der Waals surface area (Å²) < 4.78 is 13.3. The maximum Gasteiger partial charge on any atom is 0.315 e. The fourth-order valence-corrected chi connectivity index (χ4v) is 7.39. The number of amides is 2. The smallest absolute Gasteiger partial charge is 0.315 e. The first kappa shape index (κ1) is 36.8. The highest BCUT2D eigenvalue weighted by molar-refractivity contribution is 6.30.